The van der Waals surface area contributed by atoms with Crippen LogP contribution in [0.25, 0.3) is 0 Å². The zero-order valence-corrected chi connectivity index (χ0v) is 15.0. The Morgan fingerprint density at radius 3 is 2.42 bits per heavy atom. The van der Waals surface area contributed by atoms with Crippen LogP contribution in [-0.4, -0.2) is 31.4 Å². The lowest BCUT2D eigenvalue weighted by Gasteiger charge is -2.30. The predicted molar refractivity (Wildman–Crippen MR) is 100 cm³/mol. The first-order valence-electron chi connectivity index (χ1n) is 9.13. The van der Waals surface area contributed by atoms with E-state index in [4.69, 9.17) is 4.74 Å². The van der Waals surface area contributed by atoms with Gasteiger partial charge in [-0.1, -0.05) is 42.5 Å². The van der Waals surface area contributed by atoms with Gasteiger partial charge >= 0.3 is 0 Å². The number of likely N-dealkylation sites (tertiary alicyclic amines) is 1. The van der Waals surface area contributed by atoms with Crippen molar-refractivity contribution in [1.82, 2.24) is 0 Å². The Hall–Kier alpha value is -2.66. The maximum atomic E-state index is 13.2. The number of amides is 1. The standard InChI is InChI=1S/C21H24N2O3/c1-2-26-19-11-7-6-10-18(19)22-21(25)20(16-8-4-3-5-9-16)23-14-12-17(24)13-15-23/h3-11,20H,2,12-15H2,1H3,(H,22,25)/p+1/t20-/m1/s1. The highest BCUT2D eigenvalue weighted by atomic mass is 16.5. The number of ether oxygens (including phenoxy) is 1. The molecule has 0 aromatic heterocycles. The first-order chi connectivity index (χ1) is 12.7. The van der Waals surface area contributed by atoms with E-state index in [1.54, 1.807) is 0 Å². The Labute approximate surface area is 154 Å². The summed E-state index contributed by atoms with van der Waals surface area (Å²) in [5.41, 5.74) is 1.64. The number of nitrogens with one attached hydrogen (secondary N) is 2. The van der Waals surface area contributed by atoms with E-state index in [0.717, 1.165) is 10.5 Å². The zero-order valence-electron chi connectivity index (χ0n) is 15.0. The van der Waals surface area contributed by atoms with Crippen molar-refractivity contribution in [2.75, 3.05) is 25.0 Å². The van der Waals surface area contributed by atoms with Gasteiger partial charge in [0.05, 0.1) is 38.2 Å². The van der Waals surface area contributed by atoms with E-state index in [0.29, 0.717) is 44.0 Å². The molecule has 1 amide bonds. The Kier molecular flexibility index (Phi) is 6.02. The summed E-state index contributed by atoms with van der Waals surface area (Å²) in [4.78, 5) is 25.9. The summed E-state index contributed by atoms with van der Waals surface area (Å²) >= 11 is 0. The number of para-hydroxylation sites is 2. The molecule has 2 N–H and O–H groups in total. The van der Waals surface area contributed by atoms with Gasteiger partial charge < -0.3 is 15.0 Å². The first-order valence-corrected chi connectivity index (χ1v) is 9.13. The Bertz CT molecular complexity index is 751. The number of carbonyl (C=O) groups excluding carboxylic acids is 2. The molecule has 26 heavy (non-hydrogen) atoms. The normalized spacial score (nSPS) is 16.1. The molecule has 0 unspecified atom stereocenters. The Balaban J connectivity index is 1.85. The minimum atomic E-state index is -0.348. The molecule has 0 bridgehead atoms. The van der Waals surface area contributed by atoms with Crippen LogP contribution in [0, 0.1) is 0 Å². The van der Waals surface area contributed by atoms with Gasteiger partial charge in [0.1, 0.15) is 11.5 Å². The fourth-order valence-corrected chi connectivity index (χ4v) is 3.41. The van der Waals surface area contributed by atoms with Gasteiger partial charge in [0, 0.05) is 5.56 Å². The van der Waals surface area contributed by atoms with Crippen molar-refractivity contribution in [2.45, 2.75) is 25.8 Å². The molecule has 1 atom stereocenters. The van der Waals surface area contributed by atoms with Crippen LogP contribution in [0.5, 0.6) is 5.75 Å². The van der Waals surface area contributed by atoms with Crippen LogP contribution < -0.4 is 15.0 Å². The fraction of sp³-hybridized carbons (Fsp3) is 0.333. The SMILES string of the molecule is CCOc1ccccc1NC(=O)[C@@H](c1ccccc1)[NH+]1CCC(=O)CC1. The molecule has 136 valence electrons. The number of carbonyl (C=O) groups is 2. The highest BCUT2D eigenvalue weighted by Gasteiger charge is 2.34. The Morgan fingerprint density at radius 2 is 1.73 bits per heavy atom. The lowest BCUT2D eigenvalue weighted by Crippen LogP contribution is -3.14. The second kappa shape index (κ2) is 8.63. The molecule has 3 rings (SSSR count). The molecule has 1 fully saturated rings. The molecule has 0 radical (unpaired) electrons. The summed E-state index contributed by atoms with van der Waals surface area (Å²) in [5, 5.41) is 3.03. The summed E-state index contributed by atoms with van der Waals surface area (Å²) in [6.45, 7) is 3.81. The average molecular weight is 353 g/mol. The lowest BCUT2D eigenvalue weighted by atomic mass is 10.0. The van der Waals surface area contributed by atoms with Crippen LogP contribution >= 0.6 is 0 Å². The first kappa shape index (κ1) is 18.1. The van der Waals surface area contributed by atoms with Crippen LogP contribution in [0.3, 0.4) is 0 Å². The van der Waals surface area contributed by atoms with Crippen molar-refractivity contribution >= 4 is 17.4 Å². The van der Waals surface area contributed by atoms with Crippen molar-refractivity contribution in [3.63, 3.8) is 0 Å². The molecule has 2 aromatic carbocycles. The third-order valence-electron chi connectivity index (χ3n) is 4.70. The van der Waals surface area contributed by atoms with Crippen LogP contribution in [0.1, 0.15) is 31.4 Å². The van der Waals surface area contributed by atoms with Gasteiger partial charge in [0.2, 0.25) is 0 Å². The van der Waals surface area contributed by atoms with E-state index < -0.39 is 0 Å². The number of benzene rings is 2. The van der Waals surface area contributed by atoms with E-state index in [1.165, 1.54) is 0 Å². The van der Waals surface area contributed by atoms with E-state index in [-0.39, 0.29) is 17.7 Å². The van der Waals surface area contributed by atoms with Gasteiger partial charge in [-0.05, 0) is 19.1 Å². The highest BCUT2D eigenvalue weighted by molar-refractivity contribution is 5.96. The topological polar surface area (TPSA) is 59.8 Å². The molecule has 2 aromatic rings. The Morgan fingerprint density at radius 1 is 1.08 bits per heavy atom. The summed E-state index contributed by atoms with van der Waals surface area (Å²) in [5.74, 6) is 0.870. The second-order valence-corrected chi connectivity index (χ2v) is 6.46. The zero-order chi connectivity index (χ0) is 18.4. The monoisotopic (exact) mass is 353 g/mol. The quantitative estimate of drug-likeness (QED) is 0.835. The number of quaternary nitrogens is 1. The van der Waals surface area contributed by atoms with Crippen molar-refractivity contribution in [3.05, 3.63) is 60.2 Å². The molecule has 5 heteroatoms. The molecule has 0 spiro atoms. The van der Waals surface area contributed by atoms with Crippen LogP contribution in [-0.2, 0) is 9.59 Å². The van der Waals surface area contributed by atoms with E-state index in [9.17, 15) is 9.59 Å². The largest absolute Gasteiger partial charge is 0.492 e. The smallest absolute Gasteiger partial charge is 0.287 e. The molecule has 1 aliphatic heterocycles. The number of Topliss-reactive ketones (excluding diaryl/α,β-unsaturated/α-hetero) is 1. The lowest BCUT2D eigenvalue weighted by molar-refractivity contribution is -0.923. The second-order valence-electron chi connectivity index (χ2n) is 6.46. The van der Waals surface area contributed by atoms with E-state index in [1.807, 2.05) is 61.5 Å². The van der Waals surface area contributed by atoms with Crippen molar-refractivity contribution < 1.29 is 19.2 Å². The summed E-state index contributed by atoms with van der Waals surface area (Å²) < 4.78 is 5.62. The third kappa shape index (κ3) is 4.29. The number of rotatable bonds is 6. The molecular formula is C21H25N2O3+. The van der Waals surface area contributed by atoms with Gasteiger partial charge in [-0.15, -0.1) is 0 Å². The number of hydrogen-bond donors (Lipinski definition) is 2. The number of ketones is 1. The summed E-state index contributed by atoms with van der Waals surface area (Å²) in [6, 6.07) is 16.9. The third-order valence-corrected chi connectivity index (χ3v) is 4.70. The molecule has 1 aliphatic rings. The van der Waals surface area contributed by atoms with Crippen LogP contribution in [0.4, 0.5) is 5.69 Å². The molecule has 1 heterocycles. The van der Waals surface area contributed by atoms with Crippen molar-refractivity contribution in [1.29, 1.82) is 0 Å². The van der Waals surface area contributed by atoms with Crippen LogP contribution in [0.2, 0.25) is 0 Å². The van der Waals surface area contributed by atoms with Gasteiger partial charge in [-0.2, -0.15) is 0 Å². The maximum Gasteiger partial charge on any atom is 0.287 e. The average Bonchev–Trinajstić information content (AvgIpc) is 2.66. The molecule has 1 saturated heterocycles. The number of hydrogen-bond acceptors (Lipinski definition) is 3. The fourth-order valence-electron chi connectivity index (χ4n) is 3.41. The molecule has 5 nitrogen and oxygen atoms in total. The van der Waals surface area contributed by atoms with Gasteiger partial charge in [0.15, 0.2) is 6.04 Å². The van der Waals surface area contributed by atoms with E-state index in [2.05, 4.69) is 5.32 Å². The molecular weight excluding hydrogens is 328 g/mol. The van der Waals surface area contributed by atoms with Crippen LogP contribution in [0.15, 0.2) is 54.6 Å². The van der Waals surface area contributed by atoms with Gasteiger partial charge in [-0.25, -0.2) is 0 Å². The summed E-state index contributed by atoms with van der Waals surface area (Å²) in [6.07, 6.45) is 1.06. The van der Waals surface area contributed by atoms with Crippen molar-refractivity contribution in [3.8, 4) is 5.75 Å². The maximum absolute atomic E-state index is 13.2. The summed E-state index contributed by atoms with van der Waals surface area (Å²) in [7, 11) is 0. The van der Waals surface area contributed by atoms with Crippen molar-refractivity contribution in [2.24, 2.45) is 0 Å². The number of piperidine rings is 1. The van der Waals surface area contributed by atoms with Gasteiger partial charge in [-0.3, -0.25) is 9.59 Å². The minimum absolute atomic E-state index is 0.0762. The molecule has 0 aliphatic carbocycles. The minimum Gasteiger partial charge on any atom is -0.492 e. The number of anilines is 1. The van der Waals surface area contributed by atoms with Gasteiger partial charge in [0.25, 0.3) is 5.91 Å². The molecule has 0 saturated carbocycles. The highest BCUT2D eigenvalue weighted by Crippen LogP contribution is 2.25. The van der Waals surface area contributed by atoms with E-state index >= 15 is 0 Å². The predicted octanol–water partition coefficient (Wildman–Crippen LogP) is 2.01.